The quantitative estimate of drug-likeness (QED) is 0.742. The van der Waals surface area contributed by atoms with E-state index in [9.17, 15) is 9.59 Å². The summed E-state index contributed by atoms with van der Waals surface area (Å²) >= 11 is 5.96. The molecule has 1 N–H and O–H groups in total. The molecule has 0 aliphatic heterocycles. The number of carbonyl (C=O) groups is 2. The number of hydrogen-bond donors (Lipinski definition) is 1. The van der Waals surface area contributed by atoms with Crippen molar-refractivity contribution in [3.8, 4) is 0 Å². The number of carbonyl (C=O) groups excluding carboxylic acids is 2. The van der Waals surface area contributed by atoms with E-state index in [1.54, 1.807) is 24.4 Å². The van der Waals surface area contributed by atoms with E-state index in [2.05, 4.69) is 10.4 Å². The number of aromatic nitrogens is 2. The molecule has 0 aliphatic rings. The standard InChI is InChI=1S/C17H22ClN3O3/c1-12(2)24-9-3-8-19-16(22)6-7-17(23)21-15-10-14(18)5-4-13(15)11-20-21/h4-5,10-12H,3,6-9H2,1-2H3,(H,19,22). The molecule has 2 rings (SSSR count). The van der Waals surface area contributed by atoms with E-state index in [-0.39, 0.29) is 30.8 Å². The summed E-state index contributed by atoms with van der Waals surface area (Å²) in [7, 11) is 0. The van der Waals surface area contributed by atoms with Gasteiger partial charge in [0.2, 0.25) is 11.8 Å². The first-order valence-corrected chi connectivity index (χ1v) is 8.40. The van der Waals surface area contributed by atoms with Gasteiger partial charge in [0.15, 0.2) is 0 Å². The Morgan fingerprint density at radius 3 is 2.88 bits per heavy atom. The number of hydrogen-bond acceptors (Lipinski definition) is 4. The molecule has 130 valence electrons. The number of amides is 1. The van der Waals surface area contributed by atoms with Crippen LogP contribution < -0.4 is 5.32 Å². The summed E-state index contributed by atoms with van der Waals surface area (Å²) in [5, 5.41) is 8.23. The Hall–Kier alpha value is -1.92. The van der Waals surface area contributed by atoms with Gasteiger partial charge in [-0.15, -0.1) is 0 Å². The van der Waals surface area contributed by atoms with E-state index in [1.165, 1.54) is 4.68 Å². The fourth-order valence-electron chi connectivity index (χ4n) is 2.22. The second-order valence-corrected chi connectivity index (χ2v) is 6.21. The average molecular weight is 352 g/mol. The molecule has 1 aromatic carbocycles. The van der Waals surface area contributed by atoms with Gasteiger partial charge in [-0.3, -0.25) is 9.59 Å². The summed E-state index contributed by atoms with van der Waals surface area (Å²) in [6, 6.07) is 5.24. The maximum atomic E-state index is 12.2. The first-order valence-electron chi connectivity index (χ1n) is 8.02. The minimum Gasteiger partial charge on any atom is -0.379 e. The number of benzene rings is 1. The SMILES string of the molecule is CC(C)OCCCNC(=O)CCC(=O)n1ncc2ccc(Cl)cc21. The Kier molecular flexibility index (Phi) is 6.75. The number of rotatable bonds is 8. The summed E-state index contributed by atoms with van der Waals surface area (Å²) in [5.41, 5.74) is 0.652. The molecule has 7 heteroatoms. The second-order valence-electron chi connectivity index (χ2n) is 5.78. The van der Waals surface area contributed by atoms with Crippen molar-refractivity contribution in [2.45, 2.75) is 39.2 Å². The molecule has 24 heavy (non-hydrogen) atoms. The predicted octanol–water partition coefficient (Wildman–Crippen LogP) is 3.04. The summed E-state index contributed by atoms with van der Waals surface area (Å²) in [6.45, 7) is 5.09. The van der Waals surface area contributed by atoms with Gasteiger partial charge in [0, 0.05) is 36.4 Å². The highest BCUT2D eigenvalue weighted by atomic mass is 35.5. The molecule has 6 nitrogen and oxygen atoms in total. The lowest BCUT2D eigenvalue weighted by Crippen LogP contribution is -2.26. The van der Waals surface area contributed by atoms with Gasteiger partial charge in [0.25, 0.3) is 0 Å². The van der Waals surface area contributed by atoms with Crippen LogP contribution >= 0.6 is 11.6 Å². The van der Waals surface area contributed by atoms with Crippen LogP contribution in [0.15, 0.2) is 24.4 Å². The van der Waals surface area contributed by atoms with Crippen molar-refractivity contribution in [1.29, 1.82) is 0 Å². The molecule has 0 atom stereocenters. The third-order valence-corrected chi connectivity index (χ3v) is 3.66. The summed E-state index contributed by atoms with van der Waals surface area (Å²) in [5.74, 6) is -0.382. The monoisotopic (exact) mass is 351 g/mol. The average Bonchev–Trinajstić information content (AvgIpc) is 2.95. The van der Waals surface area contributed by atoms with Gasteiger partial charge in [-0.25, -0.2) is 4.68 Å². The smallest absolute Gasteiger partial charge is 0.247 e. The molecular weight excluding hydrogens is 330 g/mol. The van der Waals surface area contributed by atoms with Crippen LogP contribution in [0, 0.1) is 0 Å². The molecule has 0 fully saturated rings. The lowest BCUT2D eigenvalue weighted by atomic mass is 10.2. The van der Waals surface area contributed by atoms with Crippen molar-refractivity contribution in [3.63, 3.8) is 0 Å². The third-order valence-electron chi connectivity index (χ3n) is 3.43. The highest BCUT2D eigenvalue weighted by Crippen LogP contribution is 2.19. The van der Waals surface area contributed by atoms with Crippen LogP contribution in [0.25, 0.3) is 10.9 Å². The summed E-state index contributed by atoms with van der Waals surface area (Å²) in [6.07, 6.45) is 2.78. The molecule has 0 spiro atoms. The van der Waals surface area contributed by atoms with E-state index in [4.69, 9.17) is 16.3 Å². The largest absolute Gasteiger partial charge is 0.379 e. The maximum absolute atomic E-state index is 12.2. The molecule has 2 aromatic rings. The Morgan fingerprint density at radius 1 is 1.33 bits per heavy atom. The third kappa shape index (κ3) is 5.32. The van der Waals surface area contributed by atoms with E-state index < -0.39 is 0 Å². The topological polar surface area (TPSA) is 73.2 Å². The highest BCUT2D eigenvalue weighted by molar-refractivity contribution is 6.31. The molecule has 1 heterocycles. The van der Waals surface area contributed by atoms with Gasteiger partial charge in [-0.2, -0.15) is 5.10 Å². The number of halogens is 1. The van der Waals surface area contributed by atoms with Crippen molar-refractivity contribution < 1.29 is 14.3 Å². The van der Waals surface area contributed by atoms with Crippen LogP contribution in [0.5, 0.6) is 0 Å². The summed E-state index contributed by atoms with van der Waals surface area (Å²) in [4.78, 5) is 24.0. The second kappa shape index (κ2) is 8.80. The predicted molar refractivity (Wildman–Crippen MR) is 93.3 cm³/mol. The van der Waals surface area contributed by atoms with Gasteiger partial charge in [-0.05, 0) is 38.5 Å². The fraction of sp³-hybridized carbons (Fsp3) is 0.471. The van der Waals surface area contributed by atoms with Crippen molar-refractivity contribution in [1.82, 2.24) is 15.1 Å². The Labute approximate surface area is 146 Å². The maximum Gasteiger partial charge on any atom is 0.247 e. The zero-order valence-electron chi connectivity index (χ0n) is 13.9. The van der Waals surface area contributed by atoms with E-state index in [1.807, 2.05) is 13.8 Å². The van der Waals surface area contributed by atoms with E-state index in [0.29, 0.717) is 23.7 Å². The van der Waals surface area contributed by atoms with Gasteiger partial charge in [0.05, 0.1) is 17.8 Å². The van der Waals surface area contributed by atoms with Crippen LogP contribution in [0.2, 0.25) is 5.02 Å². The van der Waals surface area contributed by atoms with Gasteiger partial charge in [-0.1, -0.05) is 11.6 Å². The first-order chi connectivity index (χ1) is 11.5. The van der Waals surface area contributed by atoms with Crippen LogP contribution in [-0.2, 0) is 9.53 Å². The molecule has 0 radical (unpaired) electrons. The van der Waals surface area contributed by atoms with Crippen LogP contribution in [0.1, 0.15) is 37.9 Å². The van der Waals surface area contributed by atoms with Crippen LogP contribution in [-0.4, -0.2) is 40.9 Å². The molecule has 1 amide bonds. The Morgan fingerprint density at radius 2 is 2.12 bits per heavy atom. The number of ether oxygens (including phenoxy) is 1. The van der Waals surface area contributed by atoms with Gasteiger partial charge >= 0.3 is 0 Å². The zero-order valence-corrected chi connectivity index (χ0v) is 14.7. The molecule has 0 saturated carbocycles. The minimum atomic E-state index is -0.231. The van der Waals surface area contributed by atoms with E-state index >= 15 is 0 Å². The number of fused-ring (bicyclic) bond motifs is 1. The first kappa shape index (κ1) is 18.4. The number of nitrogens with one attached hydrogen (secondary N) is 1. The lowest BCUT2D eigenvalue weighted by Gasteiger charge is -2.08. The molecule has 0 unspecified atom stereocenters. The van der Waals surface area contributed by atoms with Gasteiger partial charge < -0.3 is 10.1 Å². The molecular formula is C17H22ClN3O3. The normalized spacial score (nSPS) is 11.2. The number of nitrogens with zero attached hydrogens (tertiary/aromatic N) is 2. The fourth-order valence-corrected chi connectivity index (χ4v) is 2.39. The van der Waals surface area contributed by atoms with Crippen LogP contribution in [0.4, 0.5) is 0 Å². The Bertz CT molecular complexity index is 712. The zero-order chi connectivity index (χ0) is 17.5. The molecule has 0 aliphatic carbocycles. The molecule has 0 saturated heterocycles. The summed E-state index contributed by atoms with van der Waals surface area (Å²) < 4.78 is 6.69. The van der Waals surface area contributed by atoms with Crippen molar-refractivity contribution >= 4 is 34.3 Å². The van der Waals surface area contributed by atoms with Crippen molar-refractivity contribution in [2.75, 3.05) is 13.2 Å². The molecule has 0 bridgehead atoms. The van der Waals surface area contributed by atoms with Crippen molar-refractivity contribution in [3.05, 3.63) is 29.4 Å². The minimum absolute atomic E-state index is 0.0949. The lowest BCUT2D eigenvalue weighted by molar-refractivity contribution is -0.121. The van der Waals surface area contributed by atoms with Gasteiger partial charge in [0.1, 0.15) is 0 Å². The Balaban J connectivity index is 1.78. The van der Waals surface area contributed by atoms with Crippen LogP contribution in [0.3, 0.4) is 0 Å². The van der Waals surface area contributed by atoms with Crippen molar-refractivity contribution in [2.24, 2.45) is 0 Å². The van der Waals surface area contributed by atoms with E-state index in [0.717, 1.165) is 11.8 Å². The highest BCUT2D eigenvalue weighted by Gasteiger charge is 2.13. The molecule has 1 aromatic heterocycles.